The summed E-state index contributed by atoms with van der Waals surface area (Å²) in [6.45, 7) is 0. The lowest BCUT2D eigenvalue weighted by atomic mass is 10.2. The van der Waals surface area contributed by atoms with Gasteiger partial charge in [-0.2, -0.15) is 5.26 Å². The Balaban J connectivity index is 1.90. The Morgan fingerprint density at radius 1 is 1.26 bits per heavy atom. The van der Waals surface area contributed by atoms with Crippen LogP contribution in [0.3, 0.4) is 0 Å². The molecule has 0 bridgehead atoms. The number of aromatic nitrogens is 2. The molecule has 1 atom stereocenters. The number of hydrogen-bond donors (Lipinski definition) is 2. The van der Waals surface area contributed by atoms with Crippen LogP contribution in [0, 0.1) is 11.3 Å². The van der Waals surface area contributed by atoms with E-state index in [1.807, 2.05) is 12.1 Å². The molecule has 2 N–H and O–H groups in total. The smallest absolute Gasteiger partial charge is 0.137 e. The zero-order valence-corrected chi connectivity index (χ0v) is 10.2. The van der Waals surface area contributed by atoms with Crippen molar-refractivity contribution < 1.29 is 5.11 Å². The third kappa shape index (κ3) is 2.14. The number of hydrogen-bond acceptors (Lipinski definition) is 5. The molecule has 19 heavy (non-hydrogen) atoms. The van der Waals surface area contributed by atoms with Crippen molar-refractivity contribution >= 4 is 11.5 Å². The van der Waals surface area contributed by atoms with Crippen LogP contribution in [-0.2, 0) is 6.42 Å². The third-order valence-corrected chi connectivity index (χ3v) is 3.24. The van der Waals surface area contributed by atoms with Gasteiger partial charge in [0.25, 0.3) is 0 Å². The zero-order chi connectivity index (χ0) is 13.2. The molecule has 0 radical (unpaired) electrons. The molecule has 0 saturated carbocycles. The van der Waals surface area contributed by atoms with E-state index in [1.54, 1.807) is 12.1 Å². The molecule has 5 nitrogen and oxygen atoms in total. The number of fused-ring (bicyclic) bond motifs is 1. The predicted molar refractivity (Wildman–Crippen MR) is 69.8 cm³/mol. The number of rotatable bonds is 2. The van der Waals surface area contributed by atoms with Crippen LogP contribution in [0.15, 0.2) is 30.6 Å². The standard InChI is InChI=1S/C14H12N4O/c15-7-9-1-3-10(4-2-9)18-14-11-5-6-12(19)13(11)16-8-17-14/h1-4,8,12,19H,5-6H2,(H,16,17,18). The molecule has 0 saturated heterocycles. The number of aliphatic hydroxyl groups is 1. The molecule has 0 fully saturated rings. The molecule has 5 heteroatoms. The van der Waals surface area contributed by atoms with Crippen molar-refractivity contribution in [2.45, 2.75) is 18.9 Å². The molecule has 0 spiro atoms. The minimum absolute atomic E-state index is 0.487. The molecule has 1 unspecified atom stereocenters. The van der Waals surface area contributed by atoms with Gasteiger partial charge in [-0.15, -0.1) is 0 Å². The van der Waals surface area contributed by atoms with Gasteiger partial charge in [0.05, 0.1) is 23.4 Å². The Kier molecular flexibility index (Phi) is 2.86. The number of anilines is 2. The average molecular weight is 252 g/mol. The number of nitriles is 1. The quantitative estimate of drug-likeness (QED) is 0.855. The lowest BCUT2D eigenvalue weighted by Crippen LogP contribution is -2.01. The molecular formula is C14H12N4O. The largest absolute Gasteiger partial charge is 0.387 e. The summed E-state index contributed by atoms with van der Waals surface area (Å²) in [4.78, 5) is 8.35. The summed E-state index contributed by atoms with van der Waals surface area (Å²) >= 11 is 0. The molecule has 3 rings (SSSR count). The zero-order valence-electron chi connectivity index (χ0n) is 10.2. The predicted octanol–water partition coefficient (Wildman–Crippen LogP) is 2.07. The highest BCUT2D eigenvalue weighted by Gasteiger charge is 2.24. The minimum atomic E-state index is -0.487. The summed E-state index contributed by atoms with van der Waals surface area (Å²) < 4.78 is 0. The van der Waals surface area contributed by atoms with Gasteiger partial charge in [0, 0.05) is 11.3 Å². The van der Waals surface area contributed by atoms with Crippen molar-refractivity contribution in [2.24, 2.45) is 0 Å². The first kappa shape index (κ1) is 11.6. The maximum Gasteiger partial charge on any atom is 0.137 e. The summed E-state index contributed by atoms with van der Waals surface area (Å²) in [6.07, 6.45) is 2.44. The Hall–Kier alpha value is -2.45. The normalized spacial score (nSPS) is 16.7. The molecule has 2 aromatic rings. The van der Waals surface area contributed by atoms with Gasteiger partial charge in [-0.3, -0.25) is 0 Å². The van der Waals surface area contributed by atoms with E-state index >= 15 is 0 Å². The van der Waals surface area contributed by atoms with Crippen LogP contribution in [0.2, 0.25) is 0 Å². The van der Waals surface area contributed by atoms with Gasteiger partial charge in [-0.05, 0) is 37.1 Å². The number of nitrogens with zero attached hydrogens (tertiary/aromatic N) is 3. The van der Waals surface area contributed by atoms with Crippen molar-refractivity contribution in [3.63, 3.8) is 0 Å². The molecule has 1 aliphatic carbocycles. The Bertz CT molecular complexity index is 645. The van der Waals surface area contributed by atoms with Gasteiger partial charge < -0.3 is 10.4 Å². The first-order valence-corrected chi connectivity index (χ1v) is 6.07. The van der Waals surface area contributed by atoms with Crippen molar-refractivity contribution in [1.29, 1.82) is 5.26 Å². The number of nitrogens with one attached hydrogen (secondary N) is 1. The van der Waals surface area contributed by atoms with E-state index in [-0.39, 0.29) is 0 Å². The van der Waals surface area contributed by atoms with E-state index in [1.165, 1.54) is 6.33 Å². The topological polar surface area (TPSA) is 81.8 Å². The molecule has 1 aromatic heterocycles. The summed E-state index contributed by atoms with van der Waals surface area (Å²) in [5, 5.41) is 21.7. The van der Waals surface area contributed by atoms with Crippen LogP contribution < -0.4 is 5.32 Å². The number of aliphatic hydroxyl groups excluding tert-OH is 1. The highest BCUT2D eigenvalue weighted by molar-refractivity contribution is 5.61. The van der Waals surface area contributed by atoms with Crippen LogP contribution >= 0.6 is 0 Å². The van der Waals surface area contributed by atoms with E-state index in [0.29, 0.717) is 17.7 Å². The van der Waals surface area contributed by atoms with Gasteiger partial charge in [-0.25, -0.2) is 9.97 Å². The van der Waals surface area contributed by atoms with Crippen molar-refractivity contribution in [2.75, 3.05) is 5.32 Å². The van der Waals surface area contributed by atoms with E-state index < -0.39 is 6.10 Å². The third-order valence-electron chi connectivity index (χ3n) is 3.24. The van der Waals surface area contributed by atoms with Crippen LogP contribution in [0.1, 0.15) is 29.3 Å². The highest BCUT2D eigenvalue weighted by Crippen LogP contribution is 2.33. The SMILES string of the molecule is N#Cc1ccc(Nc2ncnc3c2CCC3O)cc1. The fourth-order valence-corrected chi connectivity index (χ4v) is 2.25. The minimum Gasteiger partial charge on any atom is -0.387 e. The summed E-state index contributed by atoms with van der Waals surface area (Å²) in [7, 11) is 0. The lowest BCUT2D eigenvalue weighted by molar-refractivity contribution is 0.175. The summed E-state index contributed by atoms with van der Waals surface area (Å²) in [6, 6.07) is 9.24. The average Bonchev–Trinajstić information content (AvgIpc) is 2.83. The Morgan fingerprint density at radius 2 is 2.05 bits per heavy atom. The highest BCUT2D eigenvalue weighted by atomic mass is 16.3. The Morgan fingerprint density at radius 3 is 2.79 bits per heavy atom. The van der Waals surface area contributed by atoms with Gasteiger partial charge in [0.2, 0.25) is 0 Å². The lowest BCUT2D eigenvalue weighted by Gasteiger charge is -2.10. The maximum atomic E-state index is 9.79. The summed E-state index contributed by atoms with van der Waals surface area (Å²) in [5.74, 6) is 0.728. The maximum absolute atomic E-state index is 9.79. The Labute approximate surface area is 110 Å². The second kappa shape index (κ2) is 4.67. The first-order valence-electron chi connectivity index (χ1n) is 6.07. The molecule has 1 heterocycles. The fourth-order valence-electron chi connectivity index (χ4n) is 2.25. The van der Waals surface area contributed by atoms with Gasteiger partial charge in [0.15, 0.2) is 0 Å². The van der Waals surface area contributed by atoms with Crippen LogP contribution in [0.25, 0.3) is 0 Å². The molecule has 1 aromatic carbocycles. The second-order valence-electron chi connectivity index (χ2n) is 4.45. The first-order chi connectivity index (χ1) is 9.28. The van der Waals surface area contributed by atoms with E-state index in [4.69, 9.17) is 5.26 Å². The van der Waals surface area contributed by atoms with Crippen LogP contribution in [-0.4, -0.2) is 15.1 Å². The molecular weight excluding hydrogens is 240 g/mol. The van der Waals surface area contributed by atoms with Gasteiger partial charge >= 0.3 is 0 Å². The summed E-state index contributed by atoms with van der Waals surface area (Å²) in [5.41, 5.74) is 3.17. The molecule has 0 amide bonds. The monoisotopic (exact) mass is 252 g/mol. The van der Waals surface area contributed by atoms with E-state index in [2.05, 4.69) is 21.4 Å². The van der Waals surface area contributed by atoms with E-state index in [9.17, 15) is 5.11 Å². The molecule has 0 aliphatic heterocycles. The second-order valence-corrected chi connectivity index (χ2v) is 4.45. The van der Waals surface area contributed by atoms with Crippen molar-refractivity contribution in [3.05, 3.63) is 47.4 Å². The number of benzene rings is 1. The fraction of sp³-hybridized carbons (Fsp3) is 0.214. The van der Waals surface area contributed by atoms with Crippen molar-refractivity contribution in [1.82, 2.24) is 9.97 Å². The van der Waals surface area contributed by atoms with Gasteiger partial charge in [0.1, 0.15) is 12.1 Å². The van der Waals surface area contributed by atoms with E-state index in [0.717, 1.165) is 23.5 Å². The van der Waals surface area contributed by atoms with Gasteiger partial charge in [-0.1, -0.05) is 0 Å². The van der Waals surface area contributed by atoms with Crippen LogP contribution in [0.5, 0.6) is 0 Å². The molecule has 94 valence electrons. The van der Waals surface area contributed by atoms with Crippen molar-refractivity contribution in [3.8, 4) is 6.07 Å². The molecule has 1 aliphatic rings. The van der Waals surface area contributed by atoms with Crippen LogP contribution in [0.4, 0.5) is 11.5 Å².